The van der Waals surface area contributed by atoms with E-state index in [-0.39, 0.29) is 0 Å². The number of rotatable bonds is 5. The number of anilines is 2. The zero-order valence-corrected chi connectivity index (χ0v) is 12.9. The van der Waals surface area contributed by atoms with Gasteiger partial charge in [0.2, 0.25) is 5.95 Å². The maximum Gasteiger partial charge on any atom is 0.226 e. The van der Waals surface area contributed by atoms with Gasteiger partial charge >= 0.3 is 0 Å². The van der Waals surface area contributed by atoms with Gasteiger partial charge in [0.25, 0.3) is 0 Å². The Morgan fingerprint density at radius 3 is 2.68 bits per heavy atom. The lowest BCUT2D eigenvalue weighted by Crippen LogP contribution is -2.14. The second-order valence-electron chi connectivity index (χ2n) is 5.80. The molecule has 0 aromatic carbocycles. The first-order chi connectivity index (χ1) is 8.99. The molecule has 0 aliphatic carbocycles. The number of fused-ring (bicyclic) bond motifs is 1. The van der Waals surface area contributed by atoms with Gasteiger partial charge in [0.1, 0.15) is 10.6 Å². The summed E-state index contributed by atoms with van der Waals surface area (Å²) in [5.41, 5.74) is 0.332. The number of nitrogens with zero attached hydrogens (tertiary/aromatic N) is 2. The van der Waals surface area contributed by atoms with E-state index in [9.17, 15) is 0 Å². The number of hydrogen-bond donors (Lipinski definition) is 2. The van der Waals surface area contributed by atoms with E-state index in [4.69, 9.17) is 0 Å². The maximum atomic E-state index is 4.56. The van der Waals surface area contributed by atoms with Crippen molar-refractivity contribution in [2.24, 2.45) is 5.41 Å². The standard InChI is InChI=1S/C14H22N4S/c1-5-15-13-17-11(16-8-7-14(2,3)4)10-6-9-19-12(10)18-13/h6,9H,5,7-8H2,1-4H3,(H2,15,16,17,18). The maximum absolute atomic E-state index is 4.56. The van der Waals surface area contributed by atoms with Crippen LogP contribution < -0.4 is 10.6 Å². The Bertz CT molecular complexity index is 542. The third-order valence-electron chi connectivity index (χ3n) is 2.83. The third kappa shape index (κ3) is 3.80. The van der Waals surface area contributed by atoms with Crippen LogP contribution in [-0.4, -0.2) is 23.1 Å². The van der Waals surface area contributed by atoms with E-state index >= 15 is 0 Å². The Morgan fingerprint density at radius 2 is 2.00 bits per heavy atom. The van der Waals surface area contributed by atoms with Gasteiger partial charge in [-0.3, -0.25) is 0 Å². The summed E-state index contributed by atoms with van der Waals surface area (Å²) >= 11 is 1.65. The van der Waals surface area contributed by atoms with Crippen molar-refractivity contribution in [3.05, 3.63) is 11.4 Å². The van der Waals surface area contributed by atoms with Gasteiger partial charge in [0, 0.05) is 13.1 Å². The van der Waals surface area contributed by atoms with E-state index in [1.165, 1.54) is 0 Å². The van der Waals surface area contributed by atoms with Crippen molar-refractivity contribution in [1.82, 2.24) is 9.97 Å². The highest BCUT2D eigenvalue weighted by Crippen LogP contribution is 2.27. The van der Waals surface area contributed by atoms with E-state index in [2.05, 4.69) is 59.7 Å². The molecule has 4 nitrogen and oxygen atoms in total. The monoisotopic (exact) mass is 278 g/mol. The Morgan fingerprint density at radius 1 is 1.21 bits per heavy atom. The average Bonchev–Trinajstić information content (AvgIpc) is 2.76. The second-order valence-corrected chi connectivity index (χ2v) is 6.70. The number of thiophene rings is 1. The van der Waals surface area contributed by atoms with E-state index in [0.717, 1.165) is 35.5 Å². The highest BCUT2D eigenvalue weighted by atomic mass is 32.1. The minimum absolute atomic E-state index is 0.332. The molecule has 0 aliphatic rings. The molecule has 0 atom stereocenters. The zero-order chi connectivity index (χ0) is 13.9. The minimum Gasteiger partial charge on any atom is -0.369 e. The van der Waals surface area contributed by atoms with Crippen LogP contribution >= 0.6 is 11.3 Å². The largest absolute Gasteiger partial charge is 0.369 e. The molecule has 0 amide bonds. The van der Waals surface area contributed by atoms with Crippen LogP contribution in [-0.2, 0) is 0 Å². The smallest absolute Gasteiger partial charge is 0.226 e. The third-order valence-corrected chi connectivity index (χ3v) is 3.63. The predicted molar refractivity (Wildman–Crippen MR) is 84.1 cm³/mol. The van der Waals surface area contributed by atoms with Gasteiger partial charge in [-0.1, -0.05) is 20.8 Å². The summed E-state index contributed by atoms with van der Waals surface area (Å²) in [6.07, 6.45) is 1.11. The van der Waals surface area contributed by atoms with Gasteiger partial charge in [-0.05, 0) is 30.2 Å². The molecular weight excluding hydrogens is 256 g/mol. The van der Waals surface area contributed by atoms with Gasteiger partial charge in [0.05, 0.1) is 5.39 Å². The molecule has 0 aliphatic heterocycles. The highest BCUT2D eigenvalue weighted by Gasteiger charge is 2.12. The van der Waals surface area contributed by atoms with Crippen molar-refractivity contribution < 1.29 is 0 Å². The fraction of sp³-hybridized carbons (Fsp3) is 0.571. The molecule has 2 heterocycles. The van der Waals surface area contributed by atoms with Crippen LogP contribution in [0.2, 0.25) is 0 Å². The molecule has 0 bridgehead atoms. The quantitative estimate of drug-likeness (QED) is 0.869. The predicted octanol–water partition coefficient (Wildman–Crippen LogP) is 3.97. The molecule has 104 valence electrons. The number of aromatic nitrogens is 2. The lowest BCUT2D eigenvalue weighted by atomic mass is 9.92. The van der Waals surface area contributed by atoms with Crippen LogP contribution in [0, 0.1) is 5.41 Å². The molecule has 5 heteroatoms. The van der Waals surface area contributed by atoms with Crippen molar-refractivity contribution in [1.29, 1.82) is 0 Å². The van der Waals surface area contributed by atoms with Crippen molar-refractivity contribution in [2.75, 3.05) is 23.7 Å². The fourth-order valence-corrected chi connectivity index (χ4v) is 2.55. The molecule has 0 fully saturated rings. The van der Waals surface area contributed by atoms with Crippen LogP contribution in [0.5, 0.6) is 0 Å². The Balaban J connectivity index is 2.18. The van der Waals surface area contributed by atoms with Crippen LogP contribution in [0.15, 0.2) is 11.4 Å². The highest BCUT2D eigenvalue weighted by molar-refractivity contribution is 7.16. The van der Waals surface area contributed by atoms with Crippen molar-refractivity contribution in [3.63, 3.8) is 0 Å². The summed E-state index contributed by atoms with van der Waals surface area (Å²) in [6, 6.07) is 2.08. The van der Waals surface area contributed by atoms with Crippen LogP contribution in [0.3, 0.4) is 0 Å². The van der Waals surface area contributed by atoms with Crippen molar-refractivity contribution in [2.45, 2.75) is 34.1 Å². The van der Waals surface area contributed by atoms with Gasteiger partial charge < -0.3 is 10.6 Å². The first kappa shape index (κ1) is 14.1. The Kier molecular flexibility index (Phi) is 4.24. The Labute approximate surface area is 118 Å². The normalized spacial score (nSPS) is 11.8. The molecular formula is C14H22N4S. The first-order valence-corrected chi connectivity index (χ1v) is 7.60. The number of nitrogens with one attached hydrogen (secondary N) is 2. The lowest BCUT2D eigenvalue weighted by Gasteiger charge is -2.18. The molecule has 0 saturated heterocycles. The fourth-order valence-electron chi connectivity index (χ4n) is 1.78. The summed E-state index contributed by atoms with van der Waals surface area (Å²) in [4.78, 5) is 10.1. The molecule has 2 aromatic heterocycles. The summed E-state index contributed by atoms with van der Waals surface area (Å²) < 4.78 is 0. The van der Waals surface area contributed by atoms with Crippen molar-refractivity contribution in [3.8, 4) is 0 Å². The van der Waals surface area contributed by atoms with E-state index in [1.54, 1.807) is 11.3 Å². The minimum atomic E-state index is 0.332. The molecule has 0 spiro atoms. The summed E-state index contributed by atoms with van der Waals surface area (Å²) in [7, 11) is 0. The average molecular weight is 278 g/mol. The summed E-state index contributed by atoms with van der Waals surface area (Å²) in [6.45, 7) is 10.6. The summed E-state index contributed by atoms with van der Waals surface area (Å²) in [5, 5.41) is 9.80. The molecule has 2 rings (SSSR count). The topological polar surface area (TPSA) is 49.8 Å². The van der Waals surface area contributed by atoms with Gasteiger partial charge in [-0.25, -0.2) is 4.98 Å². The van der Waals surface area contributed by atoms with Crippen LogP contribution in [0.4, 0.5) is 11.8 Å². The molecule has 0 radical (unpaired) electrons. The van der Waals surface area contributed by atoms with E-state index in [0.29, 0.717) is 11.4 Å². The molecule has 19 heavy (non-hydrogen) atoms. The number of hydrogen-bond acceptors (Lipinski definition) is 5. The second kappa shape index (κ2) is 5.74. The van der Waals surface area contributed by atoms with Crippen LogP contribution in [0.1, 0.15) is 34.1 Å². The lowest BCUT2D eigenvalue weighted by molar-refractivity contribution is 0.389. The molecule has 0 saturated carbocycles. The SMILES string of the molecule is CCNc1nc(NCCC(C)(C)C)c2ccsc2n1. The van der Waals surface area contributed by atoms with Crippen LogP contribution in [0.25, 0.3) is 10.2 Å². The Hall–Kier alpha value is -1.36. The van der Waals surface area contributed by atoms with Gasteiger partial charge in [0.15, 0.2) is 0 Å². The summed E-state index contributed by atoms with van der Waals surface area (Å²) in [5.74, 6) is 1.64. The van der Waals surface area contributed by atoms with Gasteiger partial charge in [-0.15, -0.1) is 11.3 Å². The molecule has 2 aromatic rings. The molecule has 0 unspecified atom stereocenters. The van der Waals surface area contributed by atoms with E-state index < -0.39 is 0 Å². The van der Waals surface area contributed by atoms with Crippen molar-refractivity contribution >= 4 is 33.3 Å². The van der Waals surface area contributed by atoms with Gasteiger partial charge in [-0.2, -0.15) is 4.98 Å². The first-order valence-electron chi connectivity index (χ1n) is 6.72. The zero-order valence-electron chi connectivity index (χ0n) is 12.1. The molecule has 2 N–H and O–H groups in total. The van der Waals surface area contributed by atoms with E-state index in [1.807, 2.05) is 0 Å².